The average molecular weight is 315 g/mol. The third kappa shape index (κ3) is 2.42. The minimum absolute atomic E-state index is 0.0957. The molecule has 110 valence electrons. The summed E-state index contributed by atoms with van der Waals surface area (Å²) in [5.74, 6) is -1.30. The molecule has 6 heteroatoms. The van der Waals surface area contributed by atoms with Gasteiger partial charge in [0.2, 0.25) is 5.76 Å². The van der Waals surface area contributed by atoms with Gasteiger partial charge in [0.25, 0.3) is 11.8 Å². The molecule has 22 heavy (non-hydrogen) atoms. The molecular weight excluding hydrogens is 304 g/mol. The van der Waals surface area contributed by atoms with E-state index in [1.807, 2.05) is 0 Å². The normalized spacial score (nSPS) is 10.6. The fourth-order valence-electron chi connectivity index (χ4n) is 2.17. The van der Waals surface area contributed by atoms with Gasteiger partial charge in [-0.15, -0.1) is 0 Å². The molecule has 0 aliphatic carbocycles. The van der Waals surface area contributed by atoms with E-state index in [0.29, 0.717) is 21.6 Å². The molecule has 3 rings (SSSR count). The maximum Gasteiger partial charge on any atom is 0.286 e. The fraction of sp³-hybridized carbons (Fsp3) is 0. The van der Waals surface area contributed by atoms with Crippen LogP contribution < -0.4 is 11.1 Å². The first kappa shape index (κ1) is 14.2. The van der Waals surface area contributed by atoms with Gasteiger partial charge in [-0.2, -0.15) is 0 Å². The van der Waals surface area contributed by atoms with Gasteiger partial charge in [0.05, 0.1) is 10.6 Å². The summed E-state index contributed by atoms with van der Waals surface area (Å²) in [6.45, 7) is 0. The summed E-state index contributed by atoms with van der Waals surface area (Å²) in [5.41, 5.74) is 6.32. The van der Waals surface area contributed by atoms with Crippen molar-refractivity contribution >= 4 is 40.1 Å². The highest BCUT2D eigenvalue weighted by Gasteiger charge is 2.21. The van der Waals surface area contributed by atoms with Gasteiger partial charge in [-0.05, 0) is 24.3 Å². The van der Waals surface area contributed by atoms with Crippen LogP contribution in [0.1, 0.15) is 20.9 Å². The quantitative estimate of drug-likeness (QED) is 0.776. The summed E-state index contributed by atoms with van der Waals surface area (Å²) in [6.07, 6.45) is 0. The zero-order valence-corrected chi connectivity index (χ0v) is 12.1. The van der Waals surface area contributed by atoms with E-state index in [9.17, 15) is 9.59 Å². The Labute approximate surface area is 130 Å². The van der Waals surface area contributed by atoms with Crippen molar-refractivity contribution in [1.82, 2.24) is 0 Å². The van der Waals surface area contributed by atoms with E-state index < -0.39 is 11.8 Å². The number of fused-ring (bicyclic) bond motifs is 1. The maximum absolute atomic E-state index is 12.4. The Hall–Kier alpha value is -2.79. The number of furan rings is 1. The first-order chi connectivity index (χ1) is 10.6. The van der Waals surface area contributed by atoms with Gasteiger partial charge in [-0.3, -0.25) is 9.59 Å². The Balaban J connectivity index is 2.07. The second-order valence-corrected chi connectivity index (χ2v) is 5.01. The van der Waals surface area contributed by atoms with Crippen LogP contribution in [0.15, 0.2) is 52.9 Å². The van der Waals surface area contributed by atoms with E-state index in [-0.39, 0.29) is 11.4 Å². The second kappa shape index (κ2) is 5.54. The number of halogens is 1. The molecule has 3 N–H and O–H groups in total. The number of para-hydroxylation sites is 1. The molecule has 2 amide bonds. The summed E-state index contributed by atoms with van der Waals surface area (Å²) in [5, 5.41) is 3.56. The number of hydrogen-bond acceptors (Lipinski definition) is 3. The van der Waals surface area contributed by atoms with Crippen molar-refractivity contribution in [2.24, 2.45) is 5.73 Å². The van der Waals surface area contributed by atoms with Gasteiger partial charge in [0.15, 0.2) is 0 Å². The number of hydrogen-bond donors (Lipinski definition) is 2. The van der Waals surface area contributed by atoms with Crippen molar-refractivity contribution in [2.45, 2.75) is 0 Å². The lowest BCUT2D eigenvalue weighted by atomic mass is 10.1. The zero-order chi connectivity index (χ0) is 15.7. The maximum atomic E-state index is 12.4. The lowest BCUT2D eigenvalue weighted by Gasteiger charge is -2.06. The van der Waals surface area contributed by atoms with Crippen LogP contribution in [0, 0.1) is 0 Å². The molecule has 1 aromatic heterocycles. The largest absolute Gasteiger partial charge is 0.449 e. The number of nitrogens with two attached hydrogens (primary N) is 1. The molecule has 0 atom stereocenters. The molecule has 0 saturated heterocycles. The van der Waals surface area contributed by atoms with Gasteiger partial charge >= 0.3 is 0 Å². The van der Waals surface area contributed by atoms with Gasteiger partial charge in [-0.1, -0.05) is 35.9 Å². The van der Waals surface area contributed by atoms with Gasteiger partial charge in [-0.25, -0.2) is 0 Å². The molecule has 0 aliphatic heterocycles. The lowest BCUT2D eigenvalue weighted by Crippen LogP contribution is -2.17. The number of nitrogens with one attached hydrogen (secondary N) is 1. The number of amides is 2. The lowest BCUT2D eigenvalue weighted by molar-refractivity contribution is 0.0977. The van der Waals surface area contributed by atoms with Crippen molar-refractivity contribution in [3.63, 3.8) is 0 Å². The Morgan fingerprint density at radius 2 is 1.73 bits per heavy atom. The second-order valence-electron chi connectivity index (χ2n) is 4.60. The van der Waals surface area contributed by atoms with E-state index in [1.165, 1.54) is 0 Å². The van der Waals surface area contributed by atoms with E-state index in [1.54, 1.807) is 48.5 Å². The molecule has 1 heterocycles. The number of carbonyl (C=O) groups is 2. The van der Waals surface area contributed by atoms with Crippen LogP contribution in [0.4, 0.5) is 5.69 Å². The highest BCUT2D eigenvalue weighted by molar-refractivity contribution is 6.34. The first-order valence-electron chi connectivity index (χ1n) is 6.45. The van der Waals surface area contributed by atoms with Crippen molar-refractivity contribution in [1.29, 1.82) is 0 Å². The number of carbonyl (C=O) groups excluding carboxylic acids is 2. The van der Waals surface area contributed by atoms with Crippen LogP contribution in [0.25, 0.3) is 11.0 Å². The molecule has 0 spiro atoms. The van der Waals surface area contributed by atoms with Crippen molar-refractivity contribution in [3.8, 4) is 0 Å². The standard InChI is InChI=1S/C16H11ClN2O3/c17-11-7-3-1-5-9(11)16(21)19-13-10-6-2-4-8-12(10)22-14(13)15(18)20/h1-8H,(H2,18,20)(H,19,21). The fourth-order valence-corrected chi connectivity index (χ4v) is 2.39. The molecule has 0 saturated carbocycles. The predicted octanol–water partition coefficient (Wildman–Crippen LogP) is 3.44. The third-order valence-electron chi connectivity index (χ3n) is 3.18. The van der Waals surface area contributed by atoms with E-state index in [0.717, 1.165) is 0 Å². The zero-order valence-electron chi connectivity index (χ0n) is 11.3. The summed E-state index contributed by atoms with van der Waals surface area (Å²) in [4.78, 5) is 23.9. The highest BCUT2D eigenvalue weighted by Crippen LogP contribution is 2.31. The van der Waals surface area contributed by atoms with Gasteiger partial charge in [0, 0.05) is 5.39 Å². The van der Waals surface area contributed by atoms with Crippen LogP contribution in [0.3, 0.4) is 0 Å². The number of primary amides is 1. The Morgan fingerprint density at radius 3 is 2.45 bits per heavy atom. The Morgan fingerprint density at radius 1 is 1.05 bits per heavy atom. The number of benzene rings is 2. The molecule has 0 bridgehead atoms. The predicted molar refractivity (Wildman–Crippen MR) is 84.1 cm³/mol. The number of rotatable bonds is 3. The molecular formula is C16H11ClN2O3. The van der Waals surface area contributed by atoms with Gasteiger partial charge in [0.1, 0.15) is 11.3 Å². The minimum Gasteiger partial charge on any atom is -0.449 e. The average Bonchev–Trinajstić information content (AvgIpc) is 2.87. The van der Waals surface area contributed by atoms with E-state index in [2.05, 4.69) is 5.32 Å². The Kier molecular flexibility index (Phi) is 3.56. The first-order valence-corrected chi connectivity index (χ1v) is 6.83. The molecule has 0 unspecified atom stereocenters. The van der Waals surface area contributed by atoms with E-state index in [4.69, 9.17) is 21.8 Å². The molecule has 0 fully saturated rings. The number of anilines is 1. The van der Waals surface area contributed by atoms with Crippen LogP contribution in [-0.4, -0.2) is 11.8 Å². The highest BCUT2D eigenvalue weighted by atomic mass is 35.5. The van der Waals surface area contributed by atoms with Crippen molar-refractivity contribution in [3.05, 3.63) is 64.9 Å². The van der Waals surface area contributed by atoms with Crippen LogP contribution in [0.2, 0.25) is 5.02 Å². The third-order valence-corrected chi connectivity index (χ3v) is 3.51. The minimum atomic E-state index is -0.759. The molecule has 0 aliphatic rings. The smallest absolute Gasteiger partial charge is 0.286 e. The monoisotopic (exact) mass is 314 g/mol. The molecule has 0 radical (unpaired) electrons. The molecule has 3 aromatic rings. The van der Waals surface area contributed by atoms with Gasteiger partial charge < -0.3 is 15.5 Å². The summed E-state index contributed by atoms with van der Waals surface area (Å²) in [7, 11) is 0. The summed E-state index contributed by atoms with van der Waals surface area (Å²) in [6, 6.07) is 13.6. The summed E-state index contributed by atoms with van der Waals surface area (Å²) < 4.78 is 5.41. The van der Waals surface area contributed by atoms with Crippen LogP contribution in [-0.2, 0) is 0 Å². The SMILES string of the molecule is NC(=O)c1oc2ccccc2c1NC(=O)c1ccccc1Cl. The molecule has 2 aromatic carbocycles. The van der Waals surface area contributed by atoms with Crippen LogP contribution in [0.5, 0.6) is 0 Å². The summed E-state index contributed by atoms with van der Waals surface area (Å²) >= 11 is 6.00. The van der Waals surface area contributed by atoms with E-state index >= 15 is 0 Å². The molecule has 5 nitrogen and oxygen atoms in total. The van der Waals surface area contributed by atoms with Crippen molar-refractivity contribution < 1.29 is 14.0 Å². The van der Waals surface area contributed by atoms with Crippen LogP contribution >= 0.6 is 11.6 Å². The topological polar surface area (TPSA) is 85.3 Å². The van der Waals surface area contributed by atoms with Crippen molar-refractivity contribution in [2.75, 3.05) is 5.32 Å². The Bertz CT molecular complexity index is 886.